The maximum atomic E-state index is 12.7. The van der Waals surface area contributed by atoms with E-state index in [1.807, 2.05) is 13.0 Å². The van der Waals surface area contributed by atoms with Crippen LogP contribution in [0.2, 0.25) is 0 Å². The molecule has 1 aromatic carbocycles. The number of thiophene rings is 1. The average Bonchev–Trinajstić information content (AvgIpc) is 3.18. The van der Waals surface area contributed by atoms with E-state index in [2.05, 4.69) is 10.6 Å². The van der Waals surface area contributed by atoms with Crippen LogP contribution in [0.25, 0.3) is 0 Å². The van der Waals surface area contributed by atoms with Crippen LogP contribution in [0.1, 0.15) is 33.1 Å². The van der Waals surface area contributed by atoms with E-state index in [1.54, 1.807) is 44.4 Å². The fraction of sp³-hybridized carbons (Fsp3) is 0.286. The molecule has 1 unspecified atom stereocenters. The summed E-state index contributed by atoms with van der Waals surface area (Å²) in [5.74, 6) is -0.498. The van der Waals surface area contributed by atoms with Crippen molar-refractivity contribution in [3.63, 3.8) is 0 Å². The van der Waals surface area contributed by atoms with Gasteiger partial charge in [-0.3, -0.25) is 0 Å². The monoisotopic (exact) mass is 430 g/mol. The van der Waals surface area contributed by atoms with Gasteiger partial charge in [-0.2, -0.15) is 0 Å². The highest BCUT2D eigenvalue weighted by Crippen LogP contribution is 2.29. The average molecular weight is 430 g/mol. The van der Waals surface area contributed by atoms with Gasteiger partial charge in [0.15, 0.2) is 0 Å². The Labute approximate surface area is 177 Å². The van der Waals surface area contributed by atoms with Crippen molar-refractivity contribution in [1.82, 2.24) is 10.6 Å². The van der Waals surface area contributed by atoms with E-state index in [-0.39, 0.29) is 24.5 Å². The van der Waals surface area contributed by atoms with Gasteiger partial charge in [0.25, 0.3) is 0 Å². The molecule has 3 rings (SSSR count). The third-order valence-corrected chi connectivity index (χ3v) is 5.37. The number of esters is 2. The molecule has 158 valence electrons. The zero-order chi connectivity index (χ0) is 21.7. The van der Waals surface area contributed by atoms with E-state index in [1.165, 1.54) is 11.3 Å². The molecule has 1 aromatic heterocycles. The molecule has 0 fully saturated rings. The summed E-state index contributed by atoms with van der Waals surface area (Å²) in [5, 5.41) is 5.29. The van der Waals surface area contributed by atoms with E-state index < -0.39 is 24.0 Å². The van der Waals surface area contributed by atoms with Gasteiger partial charge in [-0.25, -0.2) is 14.4 Å². The van der Waals surface area contributed by atoms with Crippen molar-refractivity contribution < 1.29 is 28.6 Å². The minimum atomic E-state index is -0.763. The molecule has 1 aliphatic rings. The van der Waals surface area contributed by atoms with Crippen molar-refractivity contribution in [2.75, 3.05) is 20.3 Å². The van der Waals surface area contributed by atoms with Gasteiger partial charge < -0.3 is 24.8 Å². The first-order valence-corrected chi connectivity index (χ1v) is 10.1. The summed E-state index contributed by atoms with van der Waals surface area (Å²) >= 11 is 1.31. The van der Waals surface area contributed by atoms with Crippen molar-refractivity contribution in [2.24, 2.45) is 0 Å². The molecule has 1 aliphatic heterocycles. The van der Waals surface area contributed by atoms with Crippen LogP contribution in [0.15, 0.2) is 47.7 Å². The zero-order valence-electron chi connectivity index (χ0n) is 16.8. The fourth-order valence-corrected chi connectivity index (χ4v) is 3.74. The molecule has 1 atom stereocenters. The topological polar surface area (TPSA) is 103 Å². The Bertz CT molecular complexity index is 980. The molecule has 2 amide bonds. The Kier molecular flexibility index (Phi) is 6.73. The van der Waals surface area contributed by atoms with Crippen molar-refractivity contribution >= 4 is 29.3 Å². The Morgan fingerprint density at radius 2 is 1.80 bits per heavy atom. The van der Waals surface area contributed by atoms with Gasteiger partial charge >= 0.3 is 18.0 Å². The van der Waals surface area contributed by atoms with Crippen molar-refractivity contribution in [1.29, 1.82) is 0 Å². The number of hydrogen-bond acceptors (Lipinski definition) is 7. The molecule has 9 heteroatoms. The number of benzene rings is 1. The molecule has 0 bridgehead atoms. The van der Waals surface area contributed by atoms with Crippen molar-refractivity contribution in [3.8, 4) is 5.75 Å². The van der Waals surface area contributed by atoms with Crippen molar-refractivity contribution in [3.05, 3.63) is 63.0 Å². The Morgan fingerprint density at radius 1 is 1.07 bits per heavy atom. The lowest BCUT2D eigenvalue weighted by Gasteiger charge is -2.29. The van der Waals surface area contributed by atoms with Crippen LogP contribution in [-0.2, 0) is 14.3 Å². The number of methoxy groups -OCH3 is 1. The van der Waals surface area contributed by atoms with Crippen LogP contribution in [0, 0.1) is 6.92 Å². The second kappa shape index (κ2) is 9.45. The Morgan fingerprint density at radius 3 is 2.40 bits per heavy atom. The molecule has 2 N–H and O–H groups in total. The maximum absolute atomic E-state index is 12.7. The number of nitrogens with one attached hydrogen (secondary N) is 2. The molecule has 8 nitrogen and oxygen atoms in total. The van der Waals surface area contributed by atoms with Gasteiger partial charge in [-0.05, 0) is 43.7 Å². The lowest BCUT2D eigenvalue weighted by atomic mass is 9.95. The number of urea groups is 1. The van der Waals surface area contributed by atoms with Gasteiger partial charge in [-0.1, -0.05) is 12.1 Å². The van der Waals surface area contributed by atoms with Gasteiger partial charge in [0.1, 0.15) is 17.2 Å². The van der Waals surface area contributed by atoms with Crippen LogP contribution >= 0.6 is 11.3 Å². The number of rotatable bonds is 7. The molecule has 0 spiro atoms. The molecule has 0 aliphatic carbocycles. The SMILES string of the molecule is CCOC(=O)C1=C(COC(=O)c2ccc(C)s2)NC(=O)NC1c1ccc(OC)cc1. The molecule has 0 saturated carbocycles. The minimum Gasteiger partial charge on any atom is -0.497 e. The molecule has 2 heterocycles. The second-order valence-electron chi connectivity index (χ2n) is 6.40. The number of hydrogen-bond donors (Lipinski definition) is 2. The minimum absolute atomic E-state index is 0.160. The predicted molar refractivity (Wildman–Crippen MR) is 110 cm³/mol. The summed E-state index contributed by atoms with van der Waals surface area (Å²) < 4.78 is 15.7. The number of ether oxygens (including phenoxy) is 3. The maximum Gasteiger partial charge on any atom is 0.348 e. The first-order chi connectivity index (χ1) is 14.4. The molecule has 30 heavy (non-hydrogen) atoms. The number of aryl methyl sites for hydroxylation is 1. The highest BCUT2D eigenvalue weighted by Gasteiger charge is 2.34. The molecular formula is C21H22N2O6S. The van der Waals surface area contributed by atoms with Crippen LogP contribution in [0.3, 0.4) is 0 Å². The van der Waals surface area contributed by atoms with Gasteiger partial charge in [0, 0.05) is 4.88 Å². The first-order valence-electron chi connectivity index (χ1n) is 9.28. The van der Waals surface area contributed by atoms with E-state index in [0.717, 1.165) is 4.88 Å². The number of amides is 2. The molecular weight excluding hydrogens is 408 g/mol. The van der Waals surface area contributed by atoms with E-state index in [9.17, 15) is 14.4 Å². The number of carbonyl (C=O) groups excluding carboxylic acids is 3. The number of carbonyl (C=O) groups is 3. The zero-order valence-corrected chi connectivity index (χ0v) is 17.6. The Balaban J connectivity index is 1.91. The summed E-state index contributed by atoms with van der Waals surface area (Å²) in [6, 6.07) is 9.15. The molecule has 0 saturated heterocycles. The smallest absolute Gasteiger partial charge is 0.348 e. The van der Waals surface area contributed by atoms with E-state index in [4.69, 9.17) is 14.2 Å². The van der Waals surface area contributed by atoms with Crippen LogP contribution in [-0.4, -0.2) is 38.3 Å². The lowest BCUT2D eigenvalue weighted by molar-refractivity contribution is -0.139. The van der Waals surface area contributed by atoms with Crippen LogP contribution in [0.4, 0.5) is 4.79 Å². The highest BCUT2D eigenvalue weighted by atomic mass is 32.1. The lowest BCUT2D eigenvalue weighted by Crippen LogP contribution is -2.47. The Hall–Kier alpha value is -3.33. The van der Waals surface area contributed by atoms with Gasteiger partial charge in [-0.15, -0.1) is 11.3 Å². The molecule has 2 aromatic rings. The summed E-state index contributed by atoms with van der Waals surface area (Å²) in [6.45, 7) is 3.46. The third-order valence-electron chi connectivity index (χ3n) is 4.39. The highest BCUT2D eigenvalue weighted by molar-refractivity contribution is 7.13. The van der Waals surface area contributed by atoms with Gasteiger partial charge in [0.2, 0.25) is 0 Å². The van der Waals surface area contributed by atoms with Gasteiger partial charge in [0.05, 0.1) is 31.0 Å². The quantitative estimate of drug-likeness (QED) is 0.655. The third kappa shape index (κ3) is 4.80. The summed E-state index contributed by atoms with van der Waals surface area (Å²) in [7, 11) is 1.55. The standard InChI is InChI=1S/C21H22N2O6S/c1-4-28-20(25)17-15(11-29-19(24)16-10-5-12(2)30-16)22-21(26)23-18(17)13-6-8-14(27-3)9-7-13/h5-10,18H,4,11H2,1-3H3,(H2,22,23,26). The first kappa shape index (κ1) is 21.4. The van der Waals surface area contributed by atoms with Crippen LogP contribution in [0.5, 0.6) is 5.75 Å². The van der Waals surface area contributed by atoms with Crippen molar-refractivity contribution in [2.45, 2.75) is 19.9 Å². The fourth-order valence-electron chi connectivity index (χ4n) is 2.98. The van der Waals surface area contributed by atoms with Crippen LogP contribution < -0.4 is 15.4 Å². The van der Waals surface area contributed by atoms with E-state index >= 15 is 0 Å². The summed E-state index contributed by atoms with van der Waals surface area (Å²) in [5.41, 5.74) is 1.02. The summed E-state index contributed by atoms with van der Waals surface area (Å²) in [6.07, 6.45) is 0. The van der Waals surface area contributed by atoms with E-state index in [0.29, 0.717) is 16.2 Å². The largest absolute Gasteiger partial charge is 0.497 e. The second-order valence-corrected chi connectivity index (χ2v) is 7.69. The summed E-state index contributed by atoms with van der Waals surface area (Å²) in [4.78, 5) is 38.7. The molecule has 0 radical (unpaired) electrons. The normalized spacial score (nSPS) is 15.8. The predicted octanol–water partition coefficient (Wildman–Crippen LogP) is 3.09.